The van der Waals surface area contributed by atoms with Crippen LogP contribution in [0.1, 0.15) is 22.7 Å². The molecule has 0 spiro atoms. The van der Waals surface area contributed by atoms with Gasteiger partial charge in [-0.2, -0.15) is 0 Å². The smallest absolute Gasteiger partial charge is 0.161 e. The number of phenols is 1. The van der Waals surface area contributed by atoms with Crippen molar-refractivity contribution in [1.82, 2.24) is 5.32 Å². The number of methoxy groups -OCH3 is 2. The zero-order valence-electron chi connectivity index (χ0n) is 12.2. The molecule has 1 aliphatic rings. The van der Waals surface area contributed by atoms with Gasteiger partial charge in [0.2, 0.25) is 0 Å². The summed E-state index contributed by atoms with van der Waals surface area (Å²) in [5, 5.41) is 13.2. The molecule has 2 aromatic rings. The molecule has 0 saturated heterocycles. The third kappa shape index (κ3) is 2.54. The first-order valence-corrected chi connectivity index (χ1v) is 7.00. The van der Waals surface area contributed by atoms with E-state index in [1.165, 1.54) is 11.1 Å². The van der Waals surface area contributed by atoms with Gasteiger partial charge in [-0.05, 0) is 47.4 Å². The van der Waals surface area contributed by atoms with Crippen molar-refractivity contribution in [3.05, 3.63) is 53.1 Å². The molecule has 0 bridgehead atoms. The third-order valence-electron chi connectivity index (χ3n) is 3.90. The van der Waals surface area contributed by atoms with Crippen molar-refractivity contribution in [2.45, 2.75) is 12.5 Å². The lowest BCUT2D eigenvalue weighted by molar-refractivity contribution is 0.353. The van der Waals surface area contributed by atoms with Gasteiger partial charge in [0.05, 0.1) is 20.3 Å². The van der Waals surface area contributed by atoms with Gasteiger partial charge in [0, 0.05) is 6.54 Å². The zero-order chi connectivity index (χ0) is 14.8. The highest BCUT2D eigenvalue weighted by Gasteiger charge is 2.24. The first-order valence-electron chi connectivity index (χ1n) is 7.00. The Morgan fingerprint density at radius 1 is 1.10 bits per heavy atom. The van der Waals surface area contributed by atoms with Crippen molar-refractivity contribution < 1.29 is 14.6 Å². The van der Waals surface area contributed by atoms with Crippen LogP contribution in [-0.2, 0) is 6.42 Å². The Balaban J connectivity index is 2.09. The van der Waals surface area contributed by atoms with E-state index in [9.17, 15) is 5.11 Å². The molecule has 0 aromatic heterocycles. The molecule has 0 saturated carbocycles. The van der Waals surface area contributed by atoms with Crippen molar-refractivity contribution in [1.29, 1.82) is 0 Å². The van der Waals surface area contributed by atoms with E-state index >= 15 is 0 Å². The Hall–Kier alpha value is -2.20. The maximum absolute atomic E-state index is 9.70. The predicted molar refractivity (Wildman–Crippen MR) is 81.2 cm³/mol. The molecule has 110 valence electrons. The minimum atomic E-state index is 0.0562. The molecule has 0 fully saturated rings. The van der Waals surface area contributed by atoms with Gasteiger partial charge >= 0.3 is 0 Å². The number of aromatic hydroxyl groups is 1. The Labute approximate surface area is 124 Å². The standard InChI is InChI=1S/C17H19NO3/c1-20-15-9-11-6-7-18-17(14(11)10-16(15)21-2)12-4-3-5-13(19)8-12/h3-5,8-10,17-19H,6-7H2,1-2H3. The molecular weight excluding hydrogens is 266 g/mol. The molecule has 21 heavy (non-hydrogen) atoms. The summed E-state index contributed by atoms with van der Waals surface area (Å²) < 4.78 is 10.8. The second-order valence-corrected chi connectivity index (χ2v) is 5.14. The highest BCUT2D eigenvalue weighted by Crippen LogP contribution is 2.37. The number of fused-ring (bicyclic) bond motifs is 1. The fourth-order valence-corrected chi connectivity index (χ4v) is 2.88. The lowest BCUT2D eigenvalue weighted by Gasteiger charge is -2.28. The molecule has 1 atom stereocenters. The Bertz CT molecular complexity index is 654. The number of hydrogen-bond acceptors (Lipinski definition) is 4. The predicted octanol–water partition coefficient (Wildman–Crippen LogP) is 2.64. The van der Waals surface area contributed by atoms with Gasteiger partial charge in [-0.1, -0.05) is 12.1 Å². The number of benzene rings is 2. The van der Waals surface area contributed by atoms with Crippen molar-refractivity contribution in [2.24, 2.45) is 0 Å². The van der Waals surface area contributed by atoms with Crippen LogP contribution in [0.15, 0.2) is 36.4 Å². The van der Waals surface area contributed by atoms with Crippen LogP contribution in [-0.4, -0.2) is 25.9 Å². The number of phenolic OH excluding ortho intramolecular Hbond substituents is 1. The highest BCUT2D eigenvalue weighted by molar-refractivity contribution is 5.52. The lowest BCUT2D eigenvalue weighted by Crippen LogP contribution is -2.30. The quantitative estimate of drug-likeness (QED) is 0.910. The van der Waals surface area contributed by atoms with Gasteiger partial charge in [0.15, 0.2) is 11.5 Å². The number of rotatable bonds is 3. The van der Waals surface area contributed by atoms with Crippen LogP contribution in [0.5, 0.6) is 17.2 Å². The van der Waals surface area contributed by atoms with Crippen LogP contribution in [0.4, 0.5) is 0 Å². The van der Waals surface area contributed by atoms with Gasteiger partial charge < -0.3 is 19.9 Å². The van der Waals surface area contributed by atoms with E-state index in [1.54, 1.807) is 26.4 Å². The maximum atomic E-state index is 9.70. The van der Waals surface area contributed by atoms with E-state index in [-0.39, 0.29) is 11.8 Å². The molecule has 0 amide bonds. The Morgan fingerprint density at radius 3 is 2.57 bits per heavy atom. The number of nitrogens with one attached hydrogen (secondary N) is 1. The van der Waals surface area contributed by atoms with E-state index in [1.807, 2.05) is 24.3 Å². The molecule has 0 aliphatic carbocycles. The summed E-state index contributed by atoms with van der Waals surface area (Å²) in [6.07, 6.45) is 0.949. The van der Waals surface area contributed by atoms with Crippen LogP contribution in [0.2, 0.25) is 0 Å². The first-order chi connectivity index (χ1) is 10.2. The molecule has 0 radical (unpaired) electrons. The molecule has 4 nitrogen and oxygen atoms in total. The van der Waals surface area contributed by atoms with Crippen LogP contribution in [0.3, 0.4) is 0 Å². The number of ether oxygens (including phenoxy) is 2. The minimum absolute atomic E-state index is 0.0562. The molecular formula is C17H19NO3. The number of hydrogen-bond donors (Lipinski definition) is 2. The van der Waals surface area contributed by atoms with E-state index in [0.717, 1.165) is 30.0 Å². The minimum Gasteiger partial charge on any atom is -0.508 e. The third-order valence-corrected chi connectivity index (χ3v) is 3.90. The van der Waals surface area contributed by atoms with Crippen LogP contribution >= 0.6 is 0 Å². The summed E-state index contributed by atoms with van der Waals surface area (Å²) in [4.78, 5) is 0. The second kappa shape index (κ2) is 5.66. The Kier molecular flexibility index (Phi) is 3.71. The summed E-state index contributed by atoms with van der Waals surface area (Å²) in [5.74, 6) is 1.76. The molecule has 1 aliphatic heterocycles. The van der Waals surface area contributed by atoms with Gasteiger partial charge in [-0.3, -0.25) is 0 Å². The first kappa shape index (κ1) is 13.8. The second-order valence-electron chi connectivity index (χ2n) is 5.14. The molecule has 2 N–H and O–H groups in total. The van der Waals surface area contributed by atoms with E-state index in [0.29, 0.717) is 0 Å². The van der Waals surface area contributed by atoms with Crippen molar-refractivity contribution >= 4 is 0 Å². The normalized spacial score (nSPS) is 17.1. The van der Waals surface area contributed by atoms with Crippen molar-refractivity contribution in [3.63, 3.8) is 0 Å². The van der Waals surface area contributed by atoms with Gasteiger partial charge in [0.25, 0.3) is 0 Å². The molecule has 3 rings (SSSR count). The molecule has 2 aromatic carbocycles. The zero-order valence-corrected chi connectivity index (χ0v) is 12.2. The SMILES string of the molecule is COc1cc2c(cc1OC)C(c1cccc(O)c1)NCC2. The van der Waals surface area contributed by atoms with E-state index in [2.05, 4.69) is 5.32 Å². The van der Waals surface area contributed by atoms with Crippen LogP contribution < -0.4 is 14.8 Å². The van der Waals surface area contributed by atoms with Crippen molar-refractivity contribution in [3.8, 4) is 17.2 Å². The van der Waals surface area contributed by atoms with Crippen LogP contribution in [0.25, 0.3) is 0 Å². The summed E-state index contributed by atoms with van der Waals surface area (Å²) >= 11 is 0. The topological polar surface area (TPSA) is 50.7 Å². The van der Waals surface area contributed by atoms with E-state index in [4.69, 9.17) is 9.47 Å². The largest absolute Gasteiger partial charge is 0.508 e. The average molecular weight is 285 g/mol. The molecule has 4 heteroatoms. The molecule has 1 heterocycles. The fourth-order valence-electron chi connectivity index (χ4n) is 2.88. The lowest BCUT2D eigenvalue weighted by atomic mass is 9.89. The summed E-state index contributed by atoms with van der Waals surface area (Å²) in [7, 11) is 3.29. The average Bonchev–Trinajstić information content (AvgIpc) is 2.52. The fraction of sp³-hybridized carbons (Fsp3) is 0.294. The summed E-state index contributed by atoms with van der Waals surface area (Å²) in [6.45, 7) is 0.892. The van der Waals surface area contributed by atoms with Gasteiger partial charge in [0.1, 0.15) is 5.75 Å². The van der Waals surface area contributed by atoms with Crippen molar-refractivity contribution in [2.75, 3.05) is 20.8 Å². The molecule has 1 unspecified atom stereocenters. The monoisotopic (exact) mass is 285 g/mol. The highest BCUT2D eigenvalue weighted by atomic mass is 16.5. The summed E-state index contributed by atoms with van der Waals surface area (Å²) in [5.41, 5.74) is 3.47. The van der Waals surface area contributed by atoms with Crippen LogP contribution in [0, 0.1) is 0 Å². The summed E-state index contributed by atoms with van der Waals surface area (Å²) in [6, 6.07) is 11.5. The maximum Gasteiger partial charge on any atom is 0.161 e. The van der Waals surface area contributed by atoms with Gasteiger partial charge in [-0.25, -0.2) is 0 Å². The van der Waals surface area contributed by atoms with Gasteiger partial charge in [-0.15, -0.1) is 0 Å². The Morgan fingerprint density at radius 2 is 1.86 bits per heavy atom. The van der Waals surface area contributed by atoms with E-state index < -0.39 is 0 Å².